The van der Waals surface area contributed by atoms with Crippen molar-refractivity contribution in [3.8, 4) is 0 Å². The molecule has 1 saturated heterocycles. The molecule has 0 saturated carbocycles. The molecule has 0 bridgehead atoms. The molecule has 1 aromatic rings. The normalized spacial score (nSPS) is 23.8. The molecule has 1 aliphatic rings. The van der Waals surface area contributed by atoms with Gasteiger partial charge in [0.15, 0.2) is 0 Å². The third-order valence-corrected chi connectivity index (χ3v) is 3.72. The van der Waals surface area contributed by atoms with Crippen molar-refractivity contribution in [3.63, 3.8) is 0 Å². The van der Waals surface area contributed by atoms with Crippen molar-refractivity contribution < 1.29 is 9.59 Å². The summed E-state index contributed by atoms with van der Waals surface area (Å²) in [7, 11) is 0. The zero-order chi connectivity index (χ0) is 13.1. The first-order chi connectivity index (χ1) is 8.69. The van der Waals surface area contributed by atoms with E-state index in [4.69, 9.17) is 0 Å². The number of rotatable bonds is 4. The Morgan fingerprint density at radius 3 is 1.89 bits per heavy atom. The van der Waals surface area contributed by atoms with E-state index in [1.165, 1.54) is 4.90 Å². The van der Waals surface area contributed by atoms with Gasteiger partial charge in [-0.25, -0.2) is 0 Å². The van der Waals surface area contributed by atoms with Crippen LogP contribution in [-0.4, -0.2) is 16.7 Å². The van der Waals surface area contributed by atoms with Gasteiger partial charge in [0.2, 0.25) is 11.8 Å². The van der Waals surface area contributed by atoms with E-state index in [-0.39, 0.29) is 23.7 Å². The van der Waals surface area contributed by atoms with Crippen LogP contribution >= 0.6 is 0 Å². The highest BCUT2D eigenvalue weighted by molar-refractivity contribution is 6.04. The lowest BCUT2D eigenvalue weighted by molar-refractivity contribution is -0.140. The zero-order valence-electron chi connectivity index (χ0n) is 10.9. The van der Waals surface area contributed by atoms with Crippen LogP contribution in [-0.2, 0) is 16.1 Å². The van der Waals surface area contributed by atoms with Gasteiger partial charge in [0, 0.05) is 11.8 Å². The average Bonchev–Trinajstić information content (AvgIpc) is 2.63. The minimum atomic E-state index is -0.119. The van der Waals surface area contributed by atoms with Crippen molar-refractivity contribution in [2.24, 2.45) is 11.8 Å². The van der Waals surface area contributed by atoms with Gasteiger partial charge in [0.05, 0.1) is 6.54 Å². The van der Waals surface area contributed by atoms with Crippen molar-refractivity contribution in [2.45, 2.75) is 33.2 Å². The molecule has 0 N–H and O–H groups in total. The number of nitrogens with zero attached hydrogens (tertiary/aromatic N) is 1. The van der Waals surface area contributed by atoms with E-state index in [0.29, 0.717) is 6.54 Å². The van der Waals surface area contributed by atoms with Crippen LogP contribution in [0.15, 0.2) is 30.3 Å². The van der Waals surface area contributed by atoms with Crippen molar-refractivity contribution in [2.75, 3.05) is 0 Å². The largest absolute Gasteiger partial charge is 0.278 e. The summed E-state index contributed by atoms with van der Waals surface area (Å²) in [6.07, 6.45) is 1.49. The highest BCUT2D eigenvalue weighted by Crippen LogP contribution is 2.32. The van der Waals surface area contributed by atoms with Crippen LogP contribution in [0.2, 0.25) is 0 Å². The van der Waals surface area contributed by atoms with Crippen LogP contribution in [0.4, 0.5) is 0 Å². The molecule has 1 aromatic carbocycles. The first-order valence-electron chi connectivity index (χ1n) is 6.58. The van der Waals surface area contributed by atoms with Crippen molar-refractivity contribution in [3.05, 3.63) is 35.9 Å². The van der Waals surface area contributed by atoms with Crippen LogP contribution in [0.5, 0.6) is 0 Å². The lowest BCUT2D eigenvalue weighted by Gasteiger charge is -2.14. The number of benzene rings is 1. The predicted molar refractivity (Wildman–Crippen MR) is 69.6 cm³/mol. The van der Waals surface area contributed by atoms with Gasteiger partial charge in [-0.3, -0.25) is 14.5 Å². The molecule has 1 fully saturated rings. The number of hydrogen-bond acceptors (Lipinski definition) is 2. The van der Waals surface area contributed by atoms with Gasteiger partial charge in [-0.05, 0) is 18.4 Å². The fourth-order valence-electron chi connectivity index (χ4n) is 2.69. The smallest absolute Gasteiger partial charge is 0.233 e. The number of likely N-dealkylation sites (tertiary alicyclic amines) is 1. The first-order valence-corrected chi connectivity index (χ1v) is 6.58. The molecule has 0 aliphatic carbocycles. The van der Waals surface area contributed by atoms with Gasteiger partial charge in [-0.1, -0.05) is 44.2 Å². The highest BCUT2D eigenvalue weighted by atomic mass is 16.2. The molecule has 0 spiro atoms. The lowest BCUT2D eigenvalue weighted by atomic mass is 9.91. The number of hydrogen-bond donors (Lipinski definition) is 0. The number of imide groups is 1. The van der Waals surface area contributed by atoms with E-state index in [0.717, 1.165) is 18.4 Å². The minimum absolute atomic E-state index is 0.00166. The van der Waals surface area contributed by atoms with Crippen LogP contribution in [0.25, 0.3) is 0 Å². The predicted octanol–water partition coefficient (Wildman–Crippen LogP) is 2.61. The maximum atomic E-state index is 12.2. The summed E-state index contributed by atoms with van der Waals surface area (Å²) in [5, 5.41) is 0. The van der Waals surface area contributed by atoms with Crippen molar-refractivity contribution in [1.82, 2.24) is 4.90 Å². The highest BCUT2D eigenvalue weighted by Gasteiger charge is 2.45. The van der Waals surface area contributed by atoms with Gasteiger partial charge in [-0.2, -0.15) is 0 Å². The molecule has 3 nitrogen and oxygen atoms in total. The Hall–Kier alpha value is -1.64. The summed E-state index contributed by atoms with van der Waals surface area (Å²) >= 11 is 0. The van der Waals surface area contributed by atoms with E-state index in [1.54, 1.807) is 0 Å². The molecule has 1 aliphatic heterocycles. The third kappa shape index (κ3) is 2.17. The van der Waals surface area contributed by atoms with E-state index >= 15 is 0 Å². The second-order valence-corrected chi connectivity index (χ2v) is 4.78. The Labute approximate surface area is 108 Å². The van der Waals surface area contributed by atoms with Gasteiger partial charge >= 0.3 is 0 Å². The Balaban J connectivity index is 2.19. The molecule has 3 heteroatoms. The van der Waals surface area contributed by atoms with E-state index in [9.17, 15) is 9.59 Å². The zero-order valence-corrected chi connectivity index (χ0v) is 10.9. The summed E-state index contributed by atoms with van der Waals surface area (Å²) in [4.78, 5) is 25.9. The van der Waals surface area contributed by atoms with Gasteiger partial charge in [-0.15, -0.1) is 0 Å². The molecular weight excluding hydrogens is 226 g/mol. The van der Waals surface area contributed by atoms with Crippen LogP contribution in [0.1, 0.15) is 32.3 Å². The van der Waals surface area contributed by atoms with E-state index in [1.807, 2.05) is 44.2 Å². The quantitative estimate of drug-likeness (QED) is 0.765. The van der Waals surface area contributed by atoms with Crippen molar-refractivity contribution >= 4 is 11.8 Å². The van der Waals surface area contributed by atoms with Crippen molar-refractivity contribution in [1.29, 1.82) is 0 Å². The first kappa shape index (κ1) is 12.8. The third-order valence-electron chi connectivity index (χ3n) is 3.72. The fourth-order valence-corrected chi connectivity index (χ4v) is 2.69. The Bertz CT molecular complexity index is 419. The summed E-state index contributed by atoms with van der Waals surface area (Å²) in [6.45, 7) is 4.36. The van der Waals surface area contributed by atoms with Crippen LogP contribution < -0.4 is 0 Å². The Morgan fingerprint density at radius 2 is 1.44 bits per heavy atom. The molecule has 0 radical (unpaired) electrons. The summed E-state index contributed by atoms with van der Waals surface area (Å²) < 4.78 is 0. The molecule has 2 amide bonds. The molecule has 2 rings (SSSR count). The van der Waals surface area contributed by atoms with E-state index in [2.05, 4.69) is 0 Å². The Morgan fingerprint density at radius 1 is 0.944 bits per heavy atom. The fraction of sp³-hybridized carbons (Fsp3) is 0.467. The second-order valence-electron chi connectivity index (χ2n) is 4.78. The average molecular weight is 245 g/mol. The summed E-state index contributed by atoms with van der Waals surface area (Å²) in [5.41, 5.74) is 1.01. The van der Waals surface area contributed by atoms with Crippen LogP contribution in [0.3, 0.4) is 0 Å². The molecule has 2 unspecified atom stereocenters. The van der Waals surface area contributed by atoms with E-state index < -0.39 is 0 Å². The maximum absolute atomic E-state index is 12.2. The van der Waals surface area contributed by atoms with Crippen LogP contribution in [0, 0.1) is 11.8 Å². The number of carbonyl (C=O) groups is 2. The molecule has 96 valence electrons. The standard InChI is InChI=1S/C15H19NO2/c1-3-12-13(4-2)15(18)16(14(12)17)10-11-8-6-5-7-9-11/h5-9,12-13H,3-4,10H2,1-2H3. The number of amides is 2. The summed E-state index contributed by atoms with van der Waals surface area (Å²) in [5.74, 6) is -0.242. The second kappa shape index (κ2) is 5.34. The topological polar surface area (TPSA) is 37.4 Å². The van der Waals surface area contributed by atoms with Gasteiger partial charge in [0.1, 0.15) is 0 Å². The number of carbonyl (C=O) groups excluding carboxylic acids is 2. The molecule has 0 aromatic heterocycles. The maximum Gasteiger partial charge on any atom is 0.233 e. The lowest BCUT2D eigenvalue weighted by Crippen LogP contribution is -2.30. The SMILES string of the molecule is CCC1C(=O)N(Cc2ccccc2)C(=O)C1CC. The monoisotopic (exact) mass is 245 g/mol. The Kier molecular flexibility index (Phi) is 3.80. The summed E-state index contributed by atoms with van der Waals surface area (Å²) in [6, 6.07) is 9.67. The minimum Gasteiger partial charge on any atom is -0.278 e. The molecular formula is C15H19NO2. The van der Waals surface area contributed by atoms with Gasteiger partial charge in [0.25, 0.3) is 0 Å². The van der Waals surface area contributed by atoms with Gasteiger partial charge < -0.3 is 0 Å². The molecule has 1 heterocycles. The molecule has 18 heavy (non-hydrogen) atoms. The molecule has 2 atom stereocenters.